The number of unbranched alkanes of at least 4 members (excludes halogenated alkanes) is 1. The van der Waals surface area contributed by atoms with Gasteiger partial charge in [-0.15, -0.1) is 0 Å². The molecule has 1 aromatic carbocycles. The molecule has 0 spiro atoms. The Labute approximate surface area is 164 Å². The van der Waals surface area contributed by atoms with Crippen LogP contribution in [0.1, 0.15) is 74.2 Å². The fourth-order valence-corrected chi connectivity index (χ4v) is 4.50. The molecule has 1 aromatic heterocycles. The quantitative estimate of drug-likeness (QED) is 0.456. The van der Waals surface area contributed by atoms with Gasteiger partial charge in [0.05, 0.1) is 35.3 Å². The first-order chi connectivity index (χ1) is 12.6. The summed E-state index contributed by atoms with van der Waals surface area (Å²) >= 11 is 3.80. The number of rotatable bonds is 9. The largest absolute Gasteiger partial charge is 0.465 e. The predicted molar refractivity (Wildman–Crippen MR) is 108 cm³/mol. The number of methoxy groups -OCH3 is 1. The van der Waals surface area contributed by atoms with Crippen LogP contribution in [0.4, 0.5) is 0 Å². The van der Waals surface area contributed by atoms with Gasteiger partial charge in [-0.2, -0.15) is 5.26 Å². The third-order valence-electron chi connectivity index (χ3n) is 4.86. The van der Waals surface area contributed by atoms with Crippen LogP contribution in [0, 0.1) is 11.3 Å². The Hall–Kier alpha value is -1.80. The maximum atomic E-state index is 12.0. The number of hydrogen-bond acceptors (Lipinski definition) is 3. The van der Waals surface area contributed by atoms with E-state index < -0.39 is 0 Å². The van der Waals surface area contributed by atoms with Crippen LogP contribution in [0.5, 0.6) is 0 Å². The van der Waals surface area contributed by atoms with Gasteiger partial charge in [0, 0.05) is 11.9 Å². The molecular formula is C21H27BrN2O2. The molecule has 0 saturated carbocycles. The Balaban J connectivity index is 2.63. The minimum absolute atomic E-state index is 0.339. The fourth-order valence-electron chi connectivity index (χ4n) is 3.59. The molecular weight excluding hydrogens is 392 g/mol. The van der Waals surface area contributed by atoms with E-state index in [-0.39, 0.29) is 5.97 Å². The van der Waals surface area contributed by atoms with E-state index in [2.05, 4.69) is 40.4 Å². The lowest BCUT2D eigenvalue weighted by Gasteiger charge is -2.17. The van der Waals surface area contributed by atoms with Crippen molar-refractivity contribution in [2.24, 2.45) is 0 Å². The van der Waals surface area contributed by atoms with Gasteiger partial charge in [0.2, 0.25) is 0 Å². The maximum absolute atomic E-state index is 12.0. The number of carbonyl (C=O) groups is 1. The molecule has 0 aliphatic rings. The van der Waals surface area contributed by atoms with Crippen molar-refractivity contribution in [2.45, 2.75) is 64.8 Å². The van der Waals surface area contributed by atoms with Crippen molar-refractivity contribution in [3.8, 4) is 6.07 Å². The molecule has 140 valence electrons. The number of halogens is 1. The summed E-state index contributed by atoms with van der Waals surface area (Å²) in [6.07, 6.45) is 6.22. The number of aromatic nitrogens is 1. The number of benzene rings is 1. The summed E-state index contributed by atoms with van der Waals surface area (Å²) in [5.41, 5.74) is 2.84. The number of nitrogens with zero attached hydrogens (tertiary/aromatic N) is 2. The number of fused-ring (bicyclic) bond motifs is 1. The second-order valence-corrected chi connectivity index (χ2v) is 7.37. The number of aryl methyl sites for hydroxylation is 1. The summed E-state index contributed by atoms with van der Waals surface area (Å²) in [6, 6.07) is 7.97. The summed E-state index contributed by atoms with van der Waals surface area (Å²) in [4.78, 5) is 12.0. The standard InChI is InChI=1S/C21H27BrN2O2/c1-4-6-9-15(8-5-2)19-17-11-10-16(21(25)26-3)14-18(17)24(20(19)22)13-7-12-23/h10-11,14-15H,4-9,13H2,1-3H3. The predicted octanol–water partition coefficient (Wildman–Crippen LogP) is 6.18. The van der Waals surface area contributed by atoms with Crippen molar-refractivity contribution in [3.05, 3.63) is 33.9 Å². The lowest BCUT2D eigenvalue weighted by atomic mass is 9.89. The number of esters is 1. The third-order valence-corrected chi connectivity index (χ3v) is 5.71. The number of hydrogen-bond donors (Lipinski definition) is 0. The van der Waals surface area contributed by atoms with Crippen molar-refractivity contribution in [2.75, 3.05) is 7.11 Å². The molecule has 0 fully saturated rings. The van der Waals surface area contributed by atoms with Crippen LogP contribution in [0.3, 0.4) is 0 Å². The Morgan fingerprint density at radius 2 is 2.08 bits per heavy atom. The van der Waals surface area contributed by atoms with E-state index in [1.807, 2.05) is 18.2 Å². The van der Waals surface area contributed by atoms with Gasteiger partial charge in [0.25, 0.3) is 0 Å². The SMILES string of the molecule is CCCCC(CCC)c1c(Br)n(CCC#N)c2cc(C(=O)OC)ccc12. The zero-order valence-corrected chi connectivity index (χ0v) is 17.4. The highest BCUT2D eigenvalue weighted by Crippen LogP contribution is 2.40. The fraction of sp³-hybridized carbons (Fsp3) is 0.524. The molecule has 26 heavy (non-hydrogen) atoms. The normalized spacial score (nSPS) is 12.1. The first-order valence-corrected chi connectivity index (χ1v) is 10.1. The molecule has 0 bridgehead atoms. The van der Waals surface area contributed by atoms with Gasteiger partial charge in [-0.1, -0.05) is 39.2 Å². The van der Waals surface area contributed by atoms with E-state index in [1.54, 1.807) is 0 Å². The molecule has 1 atom stereocenters. The molecule has 1 heterocycles. The Bertz CT molecular complexity index is 804. The number of nitriles is 1. The van der Waals surface area contributed by atoms with Crippen LogP contribution in [0.2, 0.25) is 0 Å². The monoisotopic (exact) mass is 418 g/mol. The molecule has 0 aliphatic carbocycles. The third kappa shape index (κ3) is 4.29. The summed E-state index contributed by atoms with van der Waals surface area (Å²) in [5, 5.41) is 10.2. The molecule has 0 aliphatic heterocycles. The van der Waals surface area contributed by atoms with Crippen LogP contribution in [0.15, 0.2) is 22.8 Å². The van der Waals surface area contributed by atoms with E-state index >= 15 is 0 Å². The summed E-state index contributed by atoms with van der Waals surface area (Å²) in [5.74, 6) is 0.137. The van der Waals surface area contributed by atoms with Gasteiger partial charge in [-0.05, 0) is 52.4 Å². The highest BCUT2D eigenvalue weighted by Gasteiger charge is 2.23. The lowest BCUT2D eigenvalue weighted by molar-refractivity contribution is 0.0601. The maximum Gasteiger partial charge on any atom is 0.337 e. The Kier molecular flexibility index (Phi) is 7.71. The number of carbonyl (C=O) groups excluding carboxylic acids is 1. The number of ether oxygens (including phenoxy) is 1. The van der Waals surface area contributed by atoms with Gasteiger partial charge in [-0.25, -0.2) is 4.79 Å². The molecule has 2 aromatic rings. The van der Waals surface area contributed by atoms with Crippen molar-refractivity contribution in [1.29, 1.82) is 5.26 Å². The first kappa shape index (κ1) is 20.5. The molecule has 0 saturated heterocycles. The van der Waals surface area contributed by atoms with Crippen LogP contribution in [-0.2, 0) is 11.3 Å². The van der Waals surface area contributed by atoms with E-state index in [1.165, 1.54) is 25.5 Å². The second kappa shape index (κ2) is 9.78. The smallest absolute Gasteiger partial charge is 0.337 e. The van der Waals surface area contributed by atoms with Gasteiger partial charge < -0.3 is 9.30 Å². The zero-order valence-electron chi connectivity index (χ0n) is 15.8. The Morgan fingerprint density at radius 3 is 2.69 bits per heavy atom. The minimum Gasteiger partial charge on any atom is -0.465 e. The van der Waals surface area contributed by atoms with E-state index in [9.17, 15) is 4.79 Å². The summed E-state index contributed by atoms with van der Waals surface area (Å²) in [6.45, 7) is 5.04. The highest BCUT2D eigenvalue weighted by molar-refractivity contribution is 9.10. The Morgan fingerprint density at radius 1 is 1.31 bits per heavy atom. The molecule has 1 unspecified atom stereocenters. The minimum atomic E-state index is -0.339. The first-order valence-electron chi connectivity index (χ1n) is 9.35. The molecule has 0 N–H and O–H groups in total. The van der Waals surface area contributed by atoms with Gasteiger partial charge in [0.15, 0.2) is 0 Å². The topological polar surface area (TPSA) is 55.0 Å². The zero-order chi connectivity index (χ0) is 19.1. The molecule has 0 amide bonds. The van der Waals surface area contributed by atoms with Gasteiger partial charge in [0.1, 0.15) is 0 Å². The van der Waals surface area contributed by atoms with Crippen molar-refractivity contribution in [3.63, 3.8) is 0 Å². The lowest BCUT2D eigenvalue weighted by Crippen LogP contribution is -2.02. The summed E-state index contributed by atoms with van der Waals surface area (Å²) < 4.78 is 8.03. The van der Waals surface area contributed by atoms with E-state index in [0.29, 0.717) is 24.4 Å². The van der Waals surface area contributed by atoms with Crippen LogP contribution < -0.4 is 0 Å². The van der Waals surface area contributed by atoms with Crippen LogP contribution in [0.25, 0.3) is 10.9 Å². The van der Waals surface area contributed by atoms with Crippen molar-refractivity contribution < 1.29 is 9.53 Å². The van der Waals surface area contributed by atoms with E-state index in [0.717, 1.165) is 34.8 Å². The van der Waals surface area contributed by atoms with Gasteiger partial charge >= 0.3 is 5.97 Å². The molecule has 0 radical (unpaired) electrons. The van der Waals surface area contributed by atoms with Crippen molar-refractivity contribution in [1.82, 2.24) is 4.57 Å². The van der Waals surface area contributed by atoms with Crippen molar-refractivity contribution >= 4 is 32.8 Å². The molecule has 5 heteroatoms. The second-order valence-electron chi connectivity index (χ2n) is 6.62. The van der Waals surface area contributed by atoms with E-state index in [4.69, 9.17) is 10.00 Å². The van der Waals surface area contributed by atoms with Crippen LogP contribution in [-0.4, -0.2) is 17.6 Å². The average molecular weight is 419 g/mol. The average Bonchev–Trinajstić information content (AvgIpc) is 2.93. The molecule has 4 nitrogen and oxygen atoms in total. The molecule has 2 rings (SSSR count). The highest BCUT2D eigenvalue weighted by atomic mass is 79.9. The van der Waals surface area contributed by atoms with Crippen LogP contribution >= 0.6 is 15.9 Å². The summed E-state index contributed by atoms with van der Waals surface area (Å²) in [7, 11) is 1.39. The van der Waals surface area contributed by atoms with Gasteiger partial charge in [-0.3, -0.25) is 0 Å².